The van der Waals surface area contributed by atoms with Crippen LogP contribution in [0.1, 0.15) is 15.9 Å². The van der Waals surface area contributed by atoms with Gasteiger partial charge in [0.2, 0.25) is 6.79 Å². The summed E-state index contributed by atoms with van der Waals surface area (Å²) in [6.07, 6.45) is 5.14. The van der Waals surface area contributed by atoms with Gasteiger partial charge >= 0.3 is 0 Å². The monoisotopic (exact) mass is 348 g/mol. The Morgan fingerprint density at radius 1 is 1.08 bits per heavy atom. The summed E-state index contributed by atoms with van der Waals surface area (Å²) >= 11 is 0. The molecule has 1 aromatic carbocycles. The van der Waals surface area contributed by atoms with Crippen LogP contribution in [0, 0.1) is 0 Å². The molecule has 0 unspecified atom stereocenters. The summed E-state index contributed by atoms with van der Waals surface area (Å²) in [6, 6.07) is 12.6. The number of amides is 1. The lowest BCUT2D eigenvalue weighted by molar-refractivity contribution is 0.102. The number of carbonyl (C=O) groups excluding carboxylic acids is 1. The molecule has 0 spiro atoms. The number of fused-ring (bicyclic) bond motifs is 1. The number of hydrogen-bond acceptors (Lipinski definition) is 6. The Morgan fingerprint density at radius 2 is 2.00 bits per heavy atom. The van der Waals surface area contributed by atoms with E-state index < -0.39 is 0 Å². The minimum absolute atomic E-state index is 0.178. The summed E-state index contributed by atoms with van der Waals surface area (Å²) in [4.78, 5) is 20.7. The van der Waals surface area contributed by atoms with Crippen LogP contribution in [0.4, 0.5) is 11.5 Å². The Bertz CT molecular complexity index is 914. The zero-order valence-electron chi connectivity index (χ0n) is 13.8. The topological polar surface area (TPSA) is 85.4 Å². The molecular weight excluding hydrogens is 332 g/mol. The molecule has 1 aliphatic heterocycles. The maximum atomic E-state index is 12.4. The number of hydrogen-bond donors (Lipinski definition) is 2. The minimum Gasteiger partial charge on any atom is -0.454 e. The highest BCUT2D eigenvalue weighted by Crippen LogP contribution is 2.32. The van der Waals surface area contributed by atoms with Gasteiger partial charge in [0.1, 0.15) is 5.82 Å². The zero-order valence-corrected chi connectivity index (χ0v) is 13.8. The van der Waals surface area contributed by atoms with E-state index in [2.05, 4.69) is 20.6 Å². The van der Waals surface area contributed by atoms with E-state index in [0.717, 1.165) is 11.4 Å². The largest absolute Gasteiger partial charge is 0.454 e. The lowest BCUT2D eigenvalue weighted by atomic mass is 10.2. The van der Waals surface area contributed by atoms with Crippen molar-refractivity contribution >= 4 is 17.4 Å². The number of nitrogens with zero attached hydrogens (tertiary/aromatic N) is 2. The van der Waals surface area contributed by atoms with Crippen molar-refractivity contribution in [3.63, 3.8) is 0 Å². The molecule has 0 saturated heterocycles. The van der Waals surface area contributed by atoms with Gasteiger partial charge in [0.05, 0.1) is 11.9 Å². The highest BCUT2D eigenvalue weighted by atomic mass is 16.7. The molecule has 0 fully saturated rings. The van der Waals surface area contributed by atoms with Crippen molar-refractivity contribution < 1.29 is 14.3 Å². The molecule has 2 N–H and O–H groups in total. The van der Waals surface area contributed by atoms with Crippen LogP contribution in [0.15, 0.2) is 61.1 Å². The van der Waals surface area contributed by atoms with Crippen molar-refractivity contribution in [2.45, 2.75) is 6.54 Å². The number of carbonyl (C=O) groups is 1. The first kappa shape index (κ1) is 15.9. The molecule has 7 nitrogen and oxygen atoms in total. The van der Waals surface area contributed by atoms with Gasteiger partial charge in [0.25, 0.3) is 5.91 Å². The number of anilines is 2. The predicted molar refractivity (Wildman–Crippen MR) is 96.3 cm³/mol. The zero-order chi connectivity index (χ0) is 17.8. The Kier molecular flexibility index (Phi) is 4.34. The van der Waals surface area contributed by atoms with Crippen LogP contribution in [0.5, 0.6) is 11.5 Å². The Morgan fingerprint density at radius 3 is 2.81 bits per heavy atom. The minimum atomic E-state index is -0.235. The molecule has 0 atom stereocenters. The van der Waals surface area contributed by atoms with Crippen molar-refractivity contribution in [1.29, 1.82) is 0 Å². The summed E-state index contributed by atoms with van der Waals surface area (Å²) in [5, 5.41) is 6.02. The average Bonchev–Trinajstić information content (AvgIpc) is 3.16. The molecule has 0 bridgehead atoms. The van der Waals surface area contributed by atoms with E-state index in [-0.39, 0.29) is 12.7 Å². The molecule has 3 aromatic rings. The van der Waals surface area contributed by atoms with Gasteiger partial charge in [-0.2, -0.15) is 0 Å². The lowest BCUT2D eigenvalue weighted by Crippen LogP contribution is -2.12. The molecule has 1 aliphatic rings. The van der Waals surface area contributed by atoms with E-state index >= 15 is 0 Å². The van der Waals surface area contributed by atoms with E-state index in [0.29, 0.717) is 29.3 Å². The maximum absolute atomic E-state index is 12.4. The predicted octanol–water partition coefficient (Wildman–Crippen LogP) is 3.07. The van der Waals surface area contributed by atoms with Crippen LogP contribution in [-0.2, 0) is 6.54 Å². The maximum Gasteiger partial charge on any atom is 0.255 e. The second-order valence-corrected chi connectivity index (χ2v) is 5.67. The van der Waals surface area contributed by atoms with Crippen LogP contribution in [0.3, 0.4) is 0 Å². The van der Waals surface area contributed by atoms with Gasteiger partial charge in [0, 0.05) is 24.5 Å². The SMILES string of the molecule is O=C(Nc1ccc(NCc2cccnc2)nc1)c1ccc2c(c1)OCO2. The Hall–Kier alpha value is -3.61. The first-order valence-corrected chi connectivity index (χ1v) is 8.08. The molecule has 2 aromatic heterocycles. The third-order valence-electron chi connectivity index (χ3n) is 3.85. The van der Waals surface area contributed by atoms with E-state index in [1.807, 2.05) is 18.2 Å². The molecule has 26 heavy (non-hydrogen) atoms. The molecule has 4 rings (SSSR count). The quantitative estimate of drug-likeness (QED) is 0.737. The van der Waals surface area contributed by atoms with Crippen LogP contribution >= 0.6 is 0 Å². The molecule has 1 amide bonds. The van der Waals surface area contributed by atoms with Crippen LogP contribution in [0.2, 0.25) is 0 Å². The smallest absolute Gasteiger partial charge is 0.255 e. The summed E-state index contributed by atoms with van der Waals surface area (Å²) in [7, 11) is 0. The summed E-state index contributed by atoms with van der Waals surface area (Å²) in [5.74, 6) is 1.70. The fourth-order valence-corrected chi connectivity index (χ4v) is 2.51. The first-order valence-electron chi connectivity index (χ1n) is 8.08. The average molecular weight is 348 g/mol. The van der Waals surface area contributed by atoms with Crippen molar-refractivity contribution in [1.82, 2.24) is 9.97 Å². The Balaban J connectivity index is 1.37. The van der Waals surface area contributed by atoms with E-state index in [1.54, 1.807) is 42.9 Å². The third-order valence-corrected chi connectivity index (χ3v) is 3.85. The molecule has 7 heteroatoms. The highest BCUT2D eigenvalue weighted by Gasteiger charge is 2.16. The molecule has 0 aliphatic carbocycles. The van der Waals surface area contributed by atoms with Gasteiger partial charge in [-0.15, -0.1) is 0 Å². The fraction of sp³-hybridized carbons (Fsp3) is 0.105. The van der Waals surface area contributed by atoms with E-state index in [9.17, 15) is 4.79 Å². The van der Waals surface area contributed by atoms with Gasteiger partial charge in [-0.3, -0.25) is 9.78 Å². The molecular formula is C19H16N4O3. The van der Waals surface area contributed by atoms with Gasteiger partial charge in [-0.25, -0.2) is 4.98 Å². The number of pyridine rings is 2. The lowest BCUT2D eigenvalue weighted by Gasteiger charge is -2.08. The van der Waals surface area contributed by atoms with Gasteiger partial charge < -0.3 is 20.1 Å². The Labute approximate surface area is 150 Å². The van der Waals surface area contributed by atoms with E-state index in [4.69, 9.17) is 9.47 Å². The number of rotatable bonds is 5. The van der Waals surface area contributed by atoms with Gasteiger partial charge in [0.15, 0.2) is 11.5 Å². The third kappa shape index (κ3) is 3.56. The second kappa shape index (κ2) is 7.10. The van der Waals surface area contributed by atoms with Crippen LogP contribution < -0.4 is 20.1 Å². The number of ether oxygens (including phenoxy) is 2. The fourth-order valence-electron chi connectivity index (χ4n) is 2.51. The molecule has 130 valence electrons. The van der Waals surface area contributed by atoms with Crippen molar-refractivity contribution in [2.75, 3.05) is 17.4 Å². The van der Waals surface area contributed by atoms with E-state index in [1.165, 1.54) is 0 Å². The standard InChI is InChI=1S/C19H16N4O3/c24-19(14-3-5-16-17(8-14)26-12-25-16)23-15-4-6-18(22-11-15)21-10-13-2-1-7-20-9-13/h1-9,11H,10,12H2,(H,21,22)(H,23,24). The molecule has 0 radical (unpaired) electrons. The van der Waals surface area contributed by atoms with Crippen molar-refractivity contribution in [2.24, 2.45) is 0 Å². The van der Waals surface area contributed by atoms with Crippen molar-refractivity contribution in [3.05, 3.63) is 72.2 Å². The highest BCUT2D eigenvalue weighted by molar-refractivity contribution is 6.04. The first-order chi connectivity index (χ1) is 12.8. The van der Waals surface area contributed by atoms with Crippen molar-refractivity contribution in [3.8, 4) is 11.5 Å². The van der Waals surface area contributed by atoms with Crippen LogP contribution in [-0.4, -0.2) is 22.7 Å². The molecule has 3 heterocycles. The summed E-state index contributed by atoms with van der Waals surface area (Å²) in [5.41, 5.74) is 2.17. The van der Waals surface area contributed by atoms with Gasteiger partial charge in [-0.05, 0) is 42.0 Å². The second-order valence-electron chi connectivity index (χ2n) is 5.67. The van der Waals surface area contributed by atoms with Crippen LogP contribution in [0.25, 0.3) is 0 Å². The molecule has 0 saturated carbocycles. The number of benzene rings is 1. The number of nitrogens with one attached hydrogen (secondary N) is 2. The summed E-state index contributed by atoms with van der Waals surface area (Å²) in [6.45, 7) is 0.807. The summed E-state index contributed by atoms with van der Waals surface area (Å²) < 4.78 is 10.5. The number of aromatic nitrogens is 2. The van der Waals surface area contributed by atoms with Gasteiger partial charge in [-0.1, -0.05) is 6.07 Å². The normalized spacial score (nSPS) is 11.8.